The van der Waals surface area contributed by atoms with E-state index in [2.05, 4.69) is 42.7 Å². The molecule has 1 aromatic carbocycles. The zero-order valence-electron chi connectivity index (χ0n) is 12.0. The van der Waals surface area contributed by atoms with E-state index in [4.69, 9.17) is 5.84 Å². The highest BCUT2D eigenvalue weighted by atomic mass is 32.1. The summed E-state index contributed by atoms with van der Waals surface area (Å²) in [7, 11) is 0. The molecule has 3 rings (SSSR count). The SMILES string of the molecule is Cc1cccc(CC(NN)c2cc3c(s2)CCCC3)c1. The summed E-state index contributed by atoms with van der Waals surface area (Å²) in [4.78, 5) is 2.97. The molecule has 1 atom stereocenters. The quantitative estimate of drug-likeness (QED) is 0.664. The van der Waals surface area contributed by atoms with Gasteiger partial charge >= 0.3 is 0 Å². The van der Waals surface area contributed by atoms with E-state index < -0.39 is 0 Å². The van der Waals surface area contributed by atoms with Gasteiger partial charge in [0.05, 0.1) is 6.04 Å². The number of nitrogens with one attached hydrogen (secondary N) is 1. The molecule has 1 heterocycles. The lowest BCUT2D eigenvalue weighted by atomic mass is 9.98. The molecule has 1 unspecified atom stereocenters. The normalized spacial score (nSPS) is 15.9. The molecule has 2 aromatic rings. The van der Waals surface area contributed by atoms with Crippen molar-refractivity contribution in [2.24, 2.45) is 5.84 Å². The largest absolute Gasteiger partial charge is 0.271 e. The van der Waals surface area contributed by atoms with Crippen LogP contribution in [-0.4, -0.2) is 0 Å². The van der Waals surface area contributed by atoms with Gasteiger partial charge in [-0.1, -0.05) is 29.8 Å². The summed E-state index contributed by atoms with van der Waals surface area (Å²) in [5, 5.41) is 0. The van der Waals surface area contributed by atoms with E-state index in [1.807, 2.05) is 11.3 Å². The fourth-order valence-electron chi connectivity index (χ4n) is 3.00. The molecule has 0 bridgehead atoms. The number of fused-ring (bicyclic) bond motifs is 1. The Balaban J connectivity index is 1.81. The van der Waals surface area contributed by atoms with Crippen LogP contribution in [0.5, 0.6) is 0 Å². The predicted octanol–water partition coefficient (Wildman–Crippen LogP) is 3.68. The van der Waals surface area contributed by atoms with Crippen LogP contribution >= 0.6 is 11.3 Å². The minimum Gasteiger partial charge on any atom is -0.271 e. The monoisotopic (exact) mass is 286 g/mol. The van der Waals surface area contributed by atoms with Crippen LogP contribution in [0.4, 0.5) is 0 Å². The first-order valence-electron chi connectivity index (χ1n) is 7.39. The van der Waals surface area contributed by atoms with Crippen molar-refractivity contribution >= 4 is 11.3 Å². The van der Waals surface area contributed by atoms with Crippen molar-refractivity contribution < 1.29 is 0 Å². The molecule has 3 N–H and O–H groups in total. The molecule has 1 aliphatic carbocycles. The van der Waals surface area contributed by atoms with Crippen LogP contribution in [0.1, 0.15) is 45.3 Å². The summed E-state index contributed by atoms with van der Waals surface area (Å²) in [5.74, 6) is 5.81. The number of aryl methyl sites for hydroxylation is 3. The number of benzene rings is 1. The van der Waals surface area contributed by atoms with Gasteiger partial charge in [0.25, 0.3) is 0 Å². The first kappa shape index (κ1) is 13.8. The summed E-state index contributed by atoms with van der Waals surface area (Å²) in [5.41, 5.74) is 7.22. The Kier molecular flexibility index (Phi) is 4.20. The van der Waals surface area contributed by atoms with Gasteiger partial charge in [-0.25, -0.2) is 0 Å². The van der Waals surface area contributed by atoms with Crippen LogP contribution in [-0.2, 0) is 19.3 Å². The Morgan fingerprint density at radius 3 is 2.85 bits per heavy atom. The van der Waals surface area contributed by atoms with Crippen LogP contribution in [0, 0.1) is 6.92 Å². The van der Waals surface area contributed by atoms with Crippen molar-refractivity contribution in [1.82, 2.24) is 5.43 Å². The van der Waals surface area contributed by atoms with E-state index in [0.717, 1.165) is 6.42 Å². The Bertz CT molecular complexity index is 565. The maximum Gasteiger partial charge on any atom is 0.0593 e. The van der Waals surface area contributed by atoms with Gasteiger partial charge in [0.2, 0.25) is 0 Å². The van der Waals surface area contributed by atoms with E-state index in [1.165, 1.54) is 41.7 Å². The fourth-order valence-corrected chi connectivity index (χ4v) is 4.32. The third-order valence-corrected chi connectivity index (χ3v) is 5.43. The molecule has 1 aliphatic rings. The van der Waals surface area contributed by atoms with Crippen molar-refractivity contribution in [3.05, 3.63) is 56.8 Å². The van der Waals surface area contributed by atoms with Crippen LogP contribution in [0.25, 0.3) is 0 Å². The van der Waals surface area contributed by atoms with Gasteiger partial charge in [-0.3, -0.25) is 11.3 Å². The van der Waals surface area contributed by atoms with E-state index in [0.29, 0.717) is 0 Å². The second-order valence-corrected chi connectivity index (χ2v) is 6.89. The first-order valence-corrected chi connectivity index (χ1v) is 8.21. The summed E-state index contributed by atoms with van der Waals surface area (Å²) in [6.45, 7) is 2.14. The molecular formula is C17H22N2S. The average molecular weight is 286 g/mol. The maximum atomic E-state index is 5.81. The van der Waals surface area contributed by atoms with Crippen molar-refractivity contribution in [2.75, 3.05) is 0 Å². The van der Waals surface area contributed by atoms with Crippen molar-refractivity contribution in [3.8, 4) is 0 Å². The van der Waals surface area contributed by atoms with Crippen LogP contribution in [0.3, 0.4) is 0 Å². The highest BCUT2D eigenvalue weighted by Crippen LogP contribution is 2.33. The Labute approximate surface area is 125 Å². The van der Waals surface area contributed by atoms with Crippen LogP contribution in [0.2, 0.25) is 0 Å². The van der Waals surface area contributed by atoms with Gasteiger partial charge < -0.3 is 0 Å². The van der Waals surface area contributed by atoms with Crippen molar-refractivity contribution in [3.63, 3.8) is 0 Å². The van der Waals surface area contributed by atoms with E-state index in [-0.39, 0.29) is 6.04 Å². The Morgan fingerprint density at radius 1 is 1.25 bits per heavy atom. The standard InChI is InChI=1S/C17H22N2S/c1-12-5-4-6-13(9-12)10-15(19-18)17-11-14-7-2-3-8-16(14)20-17/h4-6,9,11,15,19H,2-3,7-8,10,18H2,1H3. The molecule has 0 saturated heterocycles. The smallest absolute Gasteiger partial charge is 0.0593 e. The number of thiophene rings is 1. The van der Waals surface area contributed by atoms with Crippen LogP contribution in [0.15, 0.2) is 30.3 Å². The fraction of sp³-hybridized carbons (Fsp3) is 0.412. The number of hydrogen-bond donors (Lipinski definition) is 2. The summed E-state index contributed by atoms with van der Waals surface area (Å²) in [6, 6.07) is 11.3. The van der Waals surface area contributed by atoms with Gasteiger partial charge in [-0.15, -0.1) is 11.3 Å². The molecule has 0 amide bonds. The molecule has 3 heteroatoms. The molecule has 106 valence electrons. The minimum absolute atomic E-state index is 0.229. The topological polar surface area (TPSA) is 38.0 Å². The lowest BCUT2D eigenvalue weighted by Gasteiger charge is -2.14. The molecule has 2 nitrogen and oxygen atoms in total. The van der Waals surface area contributed by atoms with Crippen molar-refractivity contribution in [2.45, 2.75) is 45.1 Å². The lowest BCUT2D eigenvalue weighted by molar-refractivity contribution is 0.560. The molecule has 1 aromatic heterocycles. The molecule has 0 spiro atoms. The van der Waals surface area contributed by atoms with E-state index in [9.17, 15) is 0 Å². The van der Waals surface area contributed by atoms with E-state index in [1.54, 1.807) is 10.4 Å². The molecule has 0 radical (unpaired) electrons. The van der Waals surface area contributed by atoms with Gasteiger partial charge in [0.1, 0.15) is 0 Å². The van der Waals surface area contributed by atoms with Gasteiger partial charge in [0, 0.05) is 9.75 Å². The zero-order chi connectivity index (χ0) is 13.9. The maximum absolute atomic E-state index is 5.81. The molecule has 0 fully saturated rings. The Hall–Kier alpha value is -1.16. The summed E-state index contributed by atoms with van der Waals surface area (Å²) in [6.07, 6.45) is 6.13. The zero-order valence-corrected chi connectivity index (χ0v) is 12.8. The number of nitrogens with two attached hydrogens (primary N) is 1. The van der Waals surface area contributed by atoms with Gasteiger partial charge in [-0.2, -0.15) is 0 Å². The third kappa shape index (κ3) is 2.95. The molecule has 0 saturated carbocycles. The molecule has 0 aliphatic heterocycles. The highest BCUT2D eigenvalue weighted by molar-refractivity contribution is 7.12. The third-order valence-electron chi connectivity index (χ3n) is 4.08. The number of rotatable bonds is 4. The first-order chi connectivity index (χ1) is 9.76. The summed E-state index contributed by atoms with van der Waals surface area (Å²) < 4.78 is 0. The van der Waals surface area contributed by atoms with Crippen molar-refractivity contribution in [1.29, 1.82) is 0 Å². The molecule has 20 heavy (non-hydrogen) atoms. The van der Waals surface area contributed by atoms with Crippen LogP contribution < -0.4 is 11.3 Å². The van der Waals surface area contributed by atoms with E-state index >= 15 is 0 Å². The minimum atomic E-state index is 0.229. The second-order valence-electron chi connectivity index (χ2n) is 5.72. The predicted molar refractivity (Wildman–Crippen MR) is 85.9 cm³/mol. The second kappa shape index (κ2) is 6.08. The highest BCUT2D eigenvalue weighted by Gasteiger charge is 2.18. The molecular weight excluding hydrogens is 264 g/mol. The van der Waals surface area contributed by atoms with Gasteiger partial charge in [-0.05, 0) is 56.2 Å². The number of hydrogen-bond acceptors (Lipinski definition) is 3. The average Bonchev–Trinajstić information content (AvgIpc) is 2.88. The summed E-state index contributed by atoms with van der Waals surface area (Å²) >= 11 is 1.95. The number of hydrazine groups is 1. The Morgan fingerprint density at radius 2 is 2.10 bits per heavy atom. The van der Waals surface area contributed by atoms with Gasteiger partial charge in [0.15, 0.2) is 0 Å². The lowest BCUT2D eigenvalue weighted by Crippen LogP contribution is -2.29.